The summed E-state index contributed by atoms with van der Waals surface area (Å²) in [6.45, 7) is 3.35. The molecule has 120 valence electrons. The first-order valence-corrected chi connectivity index (χ1v) is 8.87. The van der Waals surface area contributed by atoms with E-state index in [-0.39, 0.29) is 0 Å². The standard InChI is InChI=1S/C19H24N4/c1-2-6-15(7-3-1)13-23-11-9-16-12-21-19(22-18(16)14-23)17-8-4-5-10-20-17/h4-5,8,10,12,15H,1-3,6-7,9,11,13-14H2. The van der Waals surface area contributed by atoms with Crippen molar-refractivity contribution in [1.29, 1.82) is 0 Å². The lowest BCUT2D eigenvalue weighted by Crippen LogP contribution is -2.35. The maximum atomic E-state index is 4.81. The molecule has 1 aliphatic carbocycles. The fourth-order valence-electron chi connectivity index (χ4n) is 3.87. The first kappa shape index (κ1) is 14.8. The van der Waals surface area contributed by atoms with Crippen molar-refractivity contribution < 1.29 is 0 Å². The third kappa shape index (κ3) is 3.42. The fraction of sp³-hybridized carbons (Fsp3) is 0.526. The van der Waals surface area contributed by atoms with E-state index in [0.29, 0.717) is 0 Å². The van der Waals surface area contributed by atoms with Gasteiger partial charge >= 0.3 is 0 Å². The van der Waals surface area contributed by atoms with Crippen molar-refractivity contribution in [1.82, 2.24) is 19.9 Å². The van der Waals surface area contributed by atoms with Gasteiger partial charge in [-0.05, 0) is 42.9 Å². The molecule has 0 N–H and O–H groups in total. The minimum Gasteiger partial charge on any atom is -0.297 e. The molecule has 0 saturated heterocycles. The van der Waals surface area contributed by atoms with Gasteiger partial charge in [0.1, 0.15) is 5.69 Å². The van der Waals surface area contributed by atoms with E-state index in [0.717, 1.165) is 36.9 Å². The Balaban J connectivity index is 1.49. The molecule has 1 saturated carbocycles. The van der Waals surface area contributed by atoms with Gasteiger partial charge in [0.25, 0.3) is 0 Å². The summed E-state index contributed by atoms with van der Waals surface area (Å²) in [6.07, 6.45) is 12.0. The Morgan fingerprint density at radius 2 is 2.00 bits per heavy atom. The molecule has 0 atom stereocenters. The van der Waals surface area contributed by atoms with Gasteiger partial charge in [-0.2, -0.15) is 0 Å². The zero-order valence-corrected chi connectivity index (χ0v) is 13.6. The van der Waals surface area contributed by atoms with Crippen LogP contribution in [-0.4, -0.2) is 32.9 Å². The molecule has 4 nitrogen and oxygen atoms in total. The molecule has 2 aliphatic rings. The zero-order chi connectivity index (χ0) is 15.5. The van der Waals surface area contributed by atoms with E-state index in [4.69, 9.17) is 4.98 Å². The molecule has 4 rings (SSSR count). The number of fused-ring (bicyclic) bond motifs is 1. The lowest BCUT2D eigenvalue weighted by molar-refractivity contribution is 0.184. The Morgan fingerprint density at radius 3 is 2.83 bits per heavy atom. The monoisotopic (exact) mass is 308 g/mol. The second-order valence-electron chi connectivity index (χ2n) is 6.87. The van der Waals surface area contributed by atoms with Crippen LogP contribution in [0.1, 0.15) is 43.4 Å². The van der Waals surface area contributed by atoms with Crippen LogP contribution >= 0.6 is 0 Å². The van der Waals surface area contributed by atoms with Gasteiger partial charge in [-0.15, -0.1) is 0 Å². The van der Waals surface area contributed by atoms with Crippen LogP contribution in [0.15, 0.2) is 30.6 Å². The number of pyridine rings is 1. The maximum absolute atomic E-state index is 4.81. The lowest BCUT2D eigenvalue weighted by atomic mass is 9.88. The van der Waals surface area contributed by atoms with Crippen molar-refractivity contribution in [3.05, 3.63) is 41.9 Å². The Hall–Kier alpha value is -1.81. The van der Waals surface area contributed by atoms with Crippen LogP contribution in [0.4, 0.5) is 0 Å². The largest absolute Gasteiger partial charge is 0.297 e. The Bertz CT molecular complexity index is 650. The number of hydrogen-bond acceptors (Lipinski definition) is 4. The summed E-state index contributed by atoms with van der Waals surface area (Å²) in [5.74, 6) is 1.64. The molecule has 1 fully saturated rings. The zero-order valence-electron chi connectivity index (χ0n) is 13.6. The minimum atomic E-state index is 0.754. The topological polar surface area (TPSA) is 41.9 Å². The van der Waals surface area contributed by atoms with Gasteiger partial charge in [-0.3, -0.25) is 9.88 Å². The predicted octanol–water partition coefficient (Wildman–Crippen LogP) is 3.48. The molecule has 2 aromatic rings. The third-order valence-electron chi connectivity index (χ3n) is 5.16. The molecule has 0 aromatic carbocycles. The summed E-state index contributed by atoms with van der Waals surface area (Å²) in [7, 11) is 0. The van der Waals surface area contributed by atoms with Crippen LogP contribution in [0.3, 0.4) is 0 Å². The summed E-state index contributed by atoms with van der Waals surface area (Å²) in [6, 6.07) is 5.89. The smallest absolute Gasteiger partial charge is 0.178 e. The molecule has 0 amide bonds. The van der Waals surface area contributed by atoms with E-state index in [1.54, 1.807) is 6.20 Å². The summed E-state index contributed by atoms with van der Waals surface area (Å²) >= 11 is 0. The van der Waals surface area contributed by atoms with Gasteiger partial charge in [0.2, 0.25) is 0 Å². The molecule has 4 heteroatoms. The van der Waals surface area contributed by atoms with E-state index in [1.165, 1.54) is 49.9 Å². The predicted molar refractivity (Wildman–Crippen MR) is 90.8 cm³/mol. The highest BCUT2D eigenvalue weighted by molar-refractivity contribution is 5.49. The van der Waals surface area contributed by atoms with E-state index in [9.17, 15) is 0 Å². The molecule has 3 heterocycles. The van der Waals surface area contributed by atoms with E-state index in [1.807, 2.05) is 24.4 Å². The van der Waals surface area contributed by atoms with Gasteiger partial charge in [0.05, 0.1) is 5.69 Å². The van der Waals surface area contributed by atoms with Crippen molar-refractivity contribution in [2.75, 3.05) is 13.1 Å². The second-order valence-corrected chi connectivity index (χ2v) is 6.87. The molecule has 23 heavy (non-hydrogen) atoms. The molecule has 0 bridgehead atoms. The van der Waals surface area contributed by atoms with Crippen LogP contribution in [-0.2, 0) is 13.0 Å². The molecule has 0 radical (unpaired) electrons. The van der Waals surface area contributed by atoms with E-state index in [2.05, 4.69) is 14.9 Å². The van der Waals surface area contributed by atoms with Crippen LogP contribution in [0, 0.1) is 5.92 Å². The Labute approximate surface area is 138 Å². The maximum Gasteiger partial charge on any atom is 0.178 e. The molecular formula is C19H24N4. The lowest BCUT2D eigenvalue weighted by Gasteiger charge is -2.32. The summed E-state index contributed by atoms with van der Waals surface area (Å²) in [5.41, 5.74) is 3.37. The highest BCUT2D eigenvalue weighted by Gasteiger charge is 2.22. The Morgan fingerprint density at radius 1 is 1.09 bits per heavy atom. The van der Waals surface area contributed by atoms with Gasteiger partial charge < -0.3 is 0 Å². The summed E-state index contributed by atoms with van der Waals surface area (Å²) in [4.78, 5) is 16.3. The first-order chi connectivity index (χ1) is 11.4. The Kier molecular flexibility index (Phi) is 4.33. The SMILES string of the molecule is c1ccc(-c2ncc3c(n2)CN(CC2CCCCC2)CC3)nc1. The number of hydrogen-bond donors (Lipinski definition) is 0. The highest BCUT2D eigenvalue weighted by Crippen LogP contribution is 2.27. The van der Waals surface area contributed by atoms with Crippen LogP contribution in [0.25, 0.3) is 11.5 Å². The number of aromatic nitrogens is 3. The molecule has 1 aliphatic heterocycles. The second kappa shape index (κ2) is 6.75. The average Bonchev–Trinajstić information content (AvgIpc) is 2.63. The summed E-state index contributed by atoms with van der Waals surface area (Å²) < 4.78 is 0. The number of rotatable bonds is 3. The highest BCUT2D eigenvalue weighted by atomic mass is 15.1. The van der Waals surface area contributed by atoms with Crippen molar-refractivity contribution in [2.24, 2.45) is 5.92 Å². The first-order valence-electron chi connectivity index (χ1n) is 8.87. The van der Waals surface area contributed by atoms with Gasteiger partial charge in [-0.25, -0.2) is 9.97 Å². The normalized spacial score (nSPS) is 19.5. The van der Waals surface area contributed by atoms with Crippen molar-refractivity contribution in [2.45, 2.75) is 45.1 Å². The van der Waals surface area contributed by atoms with E-state index >= 15 is 0 Å². The van der Waals surface area contributed by atoms with Crippen LogP contribution in [0.5, 0.6) is 0 Å². The number of nitrogens with zero attached hydrogens (tertiary/aromatic N) is 4. The molecule has 0 spiro atoms. The summed E-state index contributed by atoms with van der Waals surface area (Å²) in [5, 5.41) is 0. The van der Waals surface area contributed by atoms with Crippen molar-refractivity contribution >= 4 is 0 Å². The fourth-order valence-corrected chi connectivity index (χ4v) is 3.87. The van der Waals surface area contributed by atoms with Crippen molar-refractivity contribution in [3.8, 4) is 11.5 Å². The third-order valence-corrected chi connectivity index (χ3v) is 5.16. The van der Waals surface area contributed by atoms with Crippen molar-refractivity contribution in [3.63, 3.8) is 0 Å². The minimum absolute atomic E-state index is 0.754. The molecule has 2 aromatic heterocycles. The molecule has 0 unspecified atom stereocenters. The van der Waals surface area contributed by atoms with Crippen LogP contribution in [0.2, 0.25) is 0 Å². The van der Waals surface area contributed by atoms with Gasteiger partial charge in [-0.1, -0.05) is 25.3 Å². The average molecular weight is 308 g/mol. The van der Waals surface area contributed by atoms with Gasteiger partial charge in [0, 0.05) is 32.0 Å². The quantitative estimate of drug-likeness (QED) is 0.870. The molecular weight excluding hydrogens is 284 g/mol. The van der Waals surface area contributed by atoms with Gasteiger partial charge in [0.15, 0.2) is 5.82 Å². The van der Waals surface area contributed by atoms with Crippen LogP contribution < -0.4 is 0 Å². The van der Waals surface area contributed by atoms with E-state index < -0.39 is 0 Å².